The highest BCUT2D eigenvalue weighted by molar-refractivity contribution is 6.21. The van der Waals surface area contributed by atoms with E-state index in [9.17, 15) is 0 Å². The number of halogens is 2. The minimum absolute atomic E-state index is 0.465. The number of ether oxygens (including phenoxy) is 3. The number of benzene rings is 2. The Kier molecular flexibility index (Phi) is 9.93. The minimum Gasteiger partial charge on any atom is -0.377 e. The molecule has 2 aromatic rings. The van der Waals surface area contributed by atoms with Crippen LogP contribution >= 0.6 is 23.2 Å². The molecule has 0 aliphatic heterocycles. The van der Waals surface area contributed by atoms with Crippen LogP contribution in [-0.4, -0.2) is 24.3 Å². The summed E-state index contributed by atoms with van der Waals surface area (Å²) in [4.78, 5) is 0. The lowest BCUT2D eigenvalue weighted by Crippen LogP contribution is -2.17. The maximum atomic E-state index is 6.14. The first-order chi connectivity index (χ1) is 12.2. The Balaban J connectivity index is 1.49. The SMILES string of the molecule is ClC(CCOCc1ccccc1)OC(Cl)CCOCc1ccccc1. The fourth-order valence-electron chi connectivity index (χ4n) is 2.18. The molecule has 2 atom stereocenters. The predicted molar refractivity (Wildman–Crippen MR) is 102 cm³/mol. The Morgan fingerprint density at radius 2 is 1.04 bits per heavy atom. The van der Waals surface area contributed by atoms with E-state index in [0.717, 1.165) is 11.1 Å². The van der Waals surface area contributed by atoms with E-state index in [1.165, 1.54) is 0 Å². The smallest absolute Gasteiger partial charge is 0.135 e. The molecule has 5 heteroatoms. The van der Waals surface area contributed by atoms with Crippen molar-refractivity contribution >= 4 is 23.2 Å². The molecule has 2 rings (SSSR count). The Morgan fingerprint density at radius 3 is 1.44 bits per heavy atom. The summed E-state index contributed by atoms with van der Waals surface area (Å²) in [5.74, 6) is 0. The summed E-state index contributed by atoms with van der Waals surface area (Å²) in [5.41, 5.74) is 1.35. The van der Waals surface area contributed by atoms with Gasteiger partial charge >= 0.3 is 0 Å². The molecule has 0 aromatic heterocycles. The molecule has 3 nitrogen and oxygen atoms in total. The molecule has 0 N–H and O–H groups in total. The molecule has 0 heterocycles. The second-order valence-electron chi connectivity index (χ2n) is 5.61. The topological polar surface area (TPSA) is 27.7 Å². The van der Waals surface area contributed by atoms with Gasteiger partial charge in [-0.2, -0.15) is 0 Å². The molecule has 0 fully saturated rings. The molecule has 0 amide bonds. The average Bonchev–Trinajstić information content (AvgIpc) is 2.64. The van der Waals surface area contributed by atoms with Crippen LogP contribution < -0.4 is 0 Å². The molecule has 2 aromatic carbocycles. The fraction of sp³-hybridized carbons (Fsp3) is 0.400. The molecule has 0 bridgehead atoms. The van der Waals surface area contributed by atoms with Gasteiger partial charge in [-0.15, -0.1) is 0 Å². The molecule has 0 aliphatic carbocycles. The monoisotopic (exact) mass is 382 g/mol. The standard InChI is InChI=1S/C20H24Cl2O3/c21-19(11-13-23-15-17-7-3-1-4-8-17)25-20(22)12-14-24-16-18-9-5-2-6-10-18/h1-10,19-20H,11-16H2. The van der Waals surface area contributed by atoms with Crippen LogP contribution in [0.25, 0.3) is 0 Å². The van der Waals surface area contributed by atoms with Crippen LogP contribution in [0.15, 0.2) is 60.7 Å². The number of hydrogen-bond acceptors (Lipinski definition) is 3. The summed E-state index contributed by atoms with van der Waals surface area (Å²) in [6, 6.07) is 20.0. The largest absolute Gasteiger partial charge is 0.377 e. The minimum atomic E-state index is -0.465. The van der Waals surface area contributed by atoms with Gasteiger partial charge in [0.05, 0.1) is 26.4 Å². The molecule has 0 saturated carbocycles. The van der Waals surface area contributed by atoms with Gasteiger partial charge in [0.2, 0.25) is 0 Å². The highest BCUT2D eigenvalue weighted by Gasteiger charge is 2.12. The van der Waals surface area contributed by atoms with Crippen molar-refractivity contribution in [2.45, 2.75) is 37.2 Å². The average molecular weight is 383 g/mol. The van der Waals surface area contributed by atoms with Crippen molar-refractivity contribution in [1.29, 1.82) is 0 Å². The second-order valence-corrected chi connectivity index (χ2v) is 6.58. The van der Waals surface area contributed by atoms with Gasteiger partial charge in [0.15, 0.2) is 0 Å². The first-order valence-corrected chi connectivity index (χ1v) is 9.28. The van der Waals surface area contributed by atoms with Gasteiger partial charge in [-0.05, 0) is 11.1 Å². The third-order valence-corrected chi connectivity index (χ3v) is 4.14. The van der Waals surface area contributed by atoms with E-state index in [-0.39, 0.29) is 0 Å². The lowest BCUT2D eigenvalue weighted by Gasteiger charge is -2.16. The molecular weight excluding hydrogens is 359 g/mol. The van der Waals surface area contributed by atoms with Crippen LogP contribution in [0.4, 0.5) is 0 Å². The third-order valence-electron chi connectivity index (χ3n) is 3.50. The summed E-state index contributed by atoms with van der Waals surface area (Å²) in [6.07, 6.45) is 1.17. The van der Waals surface area contributed by atoms with Crippen molar-refractivity contribution in [3.63, 3.8) is 0 Å². The van der Waals surface area contributed by atoms with Crippen molar-refractivity contribution in [1.82, 2.24) is 0 Å². The Bertz CT molecular complexity index is 514. The van der Waals surface area contributed by atoms with Crippen LogP contribution in [0.1, 0.15) is 24.0 Å². The zero-order valence-corrected chi connectivity index (χ0v) is 15.7. The zero-order chi connectivity index (χ0) is 17.7. The van der Waals surface area contributed by atoms with Crippen molar-refractivity contribution in [2.24, 2.45) is 0 Å². The van der Waals surface area contributed by atoms with Gasteiger partial charge in [0, 0.05) is 12.8 Å². The van der Waals surface area contributed by atoms with Gasteiger partial charge in [-0.25, -0.2) is 0 Å². The van der Waals surface area contributed by atoms with Crippen molar-refractivity contribution in [2.75, 3.05) is 13.2 Å². The van der Waals surface area contributed by atoms with E-state index >= 15 is 0 Å². The highest BCUT2D eigenvalue weighted by atomic mass is 35.5. The maximum absolute atomic E-state index is 6.14. The second kappa shape index (κ2) is 12.3. The van der Waals surface area contributed by atoms with Gasteiger partial charge in [0.25, 0.3) is 0 Å². The number of rotatable bonds is 12. The van der Waals surface area contributed by atoms with Crippen LogP contribution in [0.5, 0.6) is 0 Å². The van der Waals surface area contributed by atoms with Crippen LogP contribution in [0.2, 0.25) is 0 Å². The van der Waals surface area contributed by atoms with Crippen molar-refractivity contribution < 1.29 is 14.2 Å². The summed E-state index contributed by atoms with van der Waals surface area (Å²) in [6.45, 7) is 2.19. The van der Waals surface area contributed by atoms with Gasteiger partial charge in [-0.3, -0.25) is 0 Å². The number of alkyl halides is 2. The maximum Gasteiger partial charge on any atom is 0.135 e. The molecule has 0 saturated heterocycles. The summed E-state index contributed by atoms with van der Waals surface area (Å²) < 4.78 is 16.7. The van der Waals surface area contributed by atoms with Crippen LogP contribution in [0, 0.1) is 0 Å². The van der Waals surface area contributed by atoms with E-state index in [1.807, 2.05) is 60.7 Å². The van der Waals surface area contributed by atoms with E-state index in [1.54, 1.807) is 0 Å². The Labute approximate surface area is 159 Å². The van der Waals surface area contributed by atoms with Crippen LogP contribution in [-0.2, 0) is 27.4 Å². The summed E-state index contributed by atoms with van der Waals surface area (Å²) >= 11 is 12.3. The zero-order valence-electron chi connectivity index (χ0n) is 14.2. The molecule has 2 unspecified atom stereocenters. The van der Waals surface area contributed by atoms with Crippen LogP contribution in [0.3, 0.4) is 0 Å². The van der Waals surface area contributed by atoms with Crippen molar-refractivity contribution in [3.05, 3.63) is 71.8 Å². The first kappa shape index (κ1) is 20.2. The third kappa shape index (κ3) is 9.24. The molecule has 0 spiro atoms. The molecule has 0 aliphatic rings. The molecule has 136 valence electrons. The van der Waals surface area contributed by atoms with Gasteiger partial charge in [0.1, 0.15) is 11.1 Å². The van der Waals surface area contributed by atoms with Crippen molar-refractivity contribution in [3.8, 4) is 0 Å². The molecule has 0 radical (unpaired) electrons. The van der Waals surface area contributed by atoms with E-state index < -0.39 is 11.1 Å². The normalized spacial score (nSPS) is 13.5. The summed E-state index contributed by atoms with van der Waals surface area (Å²) in [5, 5.41) is 0. The quantitative estimate of drug-likeness (QED) is 0.365. The lowest BCUT2D eigenvalue weighted by molar-refractivity contribution is 0.0235. The lowest BCUT2D eigenvalue weighted by atomic mass is 10.2. The Hall–Kier alpha value is -1.10. The van der Waals surface area contributed by atoms with E-state index in [2.05, 4.69) is 0 Å². The first-order valence-electron chi connectivity index (χ1n) is 8.41. The summed E-state index contributed by atoms with van der Waals surface area (Å²) in [7, 11) is 0. The van der Waals surface area contributed by atoms with Gasteiger partial charge < -0.3 is 14.2 Å². The Morgan fingerprint density at radius 1 is 0.640 bits per heavy atom. The highest BCUT2D eigenvalue weighted by Crippen LogP contribution is 2.14. The predicted octanol–water partition coefficient (Wildman–Crippen LogP) is 5.35. The molecule has 25 heavy (non-hydrogen) atoms. The van der Waals surface area contributed by atoms with E-state index in [0.29, 0.717) is 39.3 Å². The number of hydrogen-bond donors (Lipinski definition) is 0. The van der Waals surface area contributed by atoms with E-state index in [4.69, 9.17) is 37.4 Å². The van der Waals surface area contributed by atoms with Gasteiger partial charge in [-0.1, -0.05) is 83.9 Å². The molecular formula is C20H24Cl2O3. The fourth-order valence-corrected chi connectivity index (χ4v) is 2.66.